The fourth-order valence-corrected chi connectivity index (χ4v) is 2.94. The summed E-state index contributed by atoms with van der Waals surface area (Å²) in [6.45, 7) is 5.24. The van der Waals surface area contributed by atoms with Crippen molar-refractivity contribution in [2.45, 2.75) is 26.3 Å². The summed E-state index contributed by atoms with van der Waals surface area (Å²) in [6.07, 6.45) is 1.02. The van der Waals surface area contributed by atoms with Crippen LogP contribution in [0.15, 0.2) is 18.2 Å². The van der Waals surface area contributed by atoms with Gasteiger partial charge < -0.3 is 4.74 Å². The molecular formula is C16H22N2O. The fourth-order valence-electron chi connectivity index (χ4n) is 2.94. The Morgan fingerprint density at radius 2 is 2.16 bits per heavy atom. The van der Waals surface area contributed by atoms with E-state index in [1.165, 1.54) is 11.1 Å². The Hall–Kier alpha value is -1.53. The molecule has 1 heterocycles. The number of fused-ring (bicyclic) bond motifs is 1. The van der Waals surface area contributed by atoms with Crippen LogP contribution in [0.1, 0.15) is 31.0 Å². The Morgan fingerprint density at radius 1 is 1.42 bits per heavy atom. The fraction of sp³-hybridized carbons (Fsp3) is 0.562. The second-order valence-electron chi connectivity index (χ2n) is 5.64. The molecule has 1 aromatic carbocycles. The molecule has 0 radical (unpaired) electrons. The molecule has 0 fully saturated rings. The molecule has 0 saturated carbocycles. The first-order valence-corrected chi connectivity index (χ1v) is 6.85. The van der Waals surface area contributed by atoms with E-state index in [0.717, 1.165) is 18.7 Å². The first-order valence-electron chi connectivity index (χ1n) is 6.85. The molecule has 2 rings (SSSR count). The van der Waals surface area contributed by atoms with Gasteiger partial charge in [0.15, 0.2) is 0 Å². The molecule has 3 nitrogen and oxygen atoms in total. The summed E-state index contributed by atoms with van der Waals surface area (Å²) in [6, 6.07) is 8.93. The molecule has 0 N–H and O–H groups in total. The molecule has 0 aliphatic carbocycles. The minimum absolute atomic E-state index is 0.0254. The lowest BCUT2D eigenvalue weighted by Crippen LogP contribution is -2.37. The van der Waals surface area contributed by atoms with E-state index in [1.54, 1.807) is 7.11 Å². The third-order valence-corrected chi connectivity index (χ3v) is 4.08. The quantitative estimate of drug-likeness (QED) is 0.836. The van der Waals surface area contributed by atoms with E-state index < -0.39 is 0 Å². The zero-order valence-electron chi connectivity index (χ0n) is 12.2. The molecule has 2 atom stereocenters. The number of rotatable bonds is 3. The van der Waals surface area contributed by atoms with Crippen molar-refractivity contribution in [1.82, 2.24) is 4.90 Å². The van der Waals surface area contributed by atoms with Gasteiger partial charge >= 0.3 is 0 Å². The summed E-state index contributed by atoms with van der Waals surface area (Å²) >= 11 is 0. The van der Waals surface area contributed by atoms with Gasteiger partial charge in [0.1, 0.15) is 5.75 Å². The largest absolute Gasteiger partial charge is 0.497 e. The molecule has 1 aliphatic heterocycles. The van der Waals surface area contributed by atoms with Crippen LogP contribution in [0.5, 0.6) is 5.75 Å². The second kappa shape index (κ2) is 5.63. The van der Waals surface area contributed by atoms with Crippen LogP contribution in [0.25, 0.3) is 0 Å². The molecular weight excluding hydrogens is 236 g/mol. The topological polar surface area (TPSA) is 36.3 Å². The van der Waals surface area contributed by atoms with E-state index in [0.29, 0.717) is 5.92 Å². The molecule has 2 unspecified atom stereocenters. The number of nitriles is 1. The number of benzene rings is 1. The summed E-state index contributed by atoms with van der Waals surface area (Å²) in [4.78, 5) is 2.31. The number of likely N-dealkylation sites (N-methyl/N-ethyl adjacent to an activating group) is 1. The third kappa shape index (κ3) is 2.59. The van der Waals surface area contributed by atoms with Crippen LogP contribution in [0.2, 0.25) is 0 Å². The van der Waals surface area contributed by atoms with E-state index in [2.05, 4.69) is 44.0 Å². The van der Waals surface area contributed by atoms with Crippen molar-refractivity contribution in [2.24, 2.45) is 11.8 Å². The lowest BCUT2D eigenvalue weighted by atomic mass is 9.80. The molecule has 0 spiro atoms. The van der Waals surface area contributed by atoms with Crippen molar-refractivity contribution in [3.05, 3.63) is 29.3 Å². The van der Waals surface area contributed by atoms with E-state index >= 15 is 0 Å². The molecule has 1 aromatic rings. The van der Waals surface area contributed by atoms with Crippen LogP contribution in [0.3, 0.4) is 0 Å². The third-order valence-electron chi connectivity index (χ3n) is 4.08. The first-order chi connectivity index (χ1) is 9.08. The molecule has 0 amide bonds. The molecule has 0 aromatic heterocycles. The lowest BCUT2D eigenvalue weighted by molar-refractivity contribution is 0.164. The summed E-state index contributed by atoms with van der Waals surface area (Å²) in [7, 11) is 3.81. The molecule has 102 valence electrons. The number of nitrogens with zero attached hydrogens (tertiary/aromatic N) is 2. The van der Waals surface area contributed by atoms with Crippen LogP contribution in [0, 0.1) is 23.2 Å². The maximum Gasteiger partial charge on any atom is 0.119 e. The van der Waals surface area contributed by atoms with Crippen molar-refractivity contribution in [2.75, 3.05) is 20.7 Å². The highest BCUT2D eigenvalue weighted by molar-refractivity contribution is 5.40. The van der Waals surface area contributed by atoms with Crippen molar-refractivity contribution >= 4 is 0 Å². The van der Waals surface area contributed by atoms with Gasteiger partial charge in [-0.15, -0.1) is 0 Å². The summed E-state index contributed by atoms with van der Waals surface area (Å²) in [5, 5.41) is 9.49. The smallest absolute Gasteiger partial charge is 0.119 e. The van der Waals surface area contributed by atoms with E-state index in [1.807, 2.05) is 6.07 Å². The average Bonchev–Trinajstić information content (AvgIpc) is 2.41. The van der Waals surface area contributed by atoms with Gasteiger partial charge in [-0.1, -0.05) is 19.9 Å². The minimum Gasteiger partial charge on any atom is -0.497 e. The van der Waals surface area contributed by atoms with Crippen LogP contribution < -0.4 is 4.74 Å². The van der Waals surface area contributed by atoms with Gasteiger partial charge in [0.05, 0.1) is 25.1 Å². The SMILES string of the molecule is COc1ccc2c(c1)CCN(C)C2C(C#N)C(C)C. The van der Waals surface area contributed by atoms with Crippen LogP contribution in [0.4, 0.5) is 0 Å². The molecule has 0 saturated heterocycles. The van der Waals surface area contributed by atoms with Crippen LogP contribution >= 0.6 is 0 Å². The Balaban J connectivity index is 2.43. The Kier molecular flexibility index (Phi) is 4.11. The first kappa shape index (κ1) is 13.9. The summed E-state index contributed by atoms with van der Waals surface area (Å²) in [5.41, 5.74) is 2.61. The van der Waals surface area contributed by atoms with Crippen molar-refractivity contribution in [1.29, 1.82) is 5.26 Å². The Morgan fingerprint density at radius 3 is 2.74 bits per heavy atom. The average molecular weight is 258 g/mol. The number of hydrogen-bond acceptors (Lipinski definition) is 3. The van der Waals surface area contributed by atoms with Gasteiger partial charge in [-0.3, -0.25) is 4.90 Å². The maximum atomic E-state index is 9.49. The van der Waals surface area contributed by atoms with Gasteiger partial charge in [-0.05, 0) is 42.6 Å². The maximum absolute atomic E-state index is 9.49. The normalized spacial score (nSPS) is 20.7. The van der Waals surface area contributed by atoms with Gasteiger partial charge in [-0.2, -0.15) is 5.26 Å². The molecule has 1 aliphatic rings. The van der Waals surface area contributed by atoms with Crippen LogP contribution in [-0.2, 0) is 6.42 Å². The molecule has 19 heavy (non-hydrogen) atoms. The zero-order chi connectivity index (χ0) is 14.0. The van der Waals surface area contributed by atoms with Crippen molar-refractivity contribution < 1.29 is 4.74 Å². The number of hydrogen-bond donors (Lipinski definition) is 0. The van der Waals surface area contributed by atoms with Gasteiger partial charge in [0, 0.05) is 6.54 Å². The summed E-state index contributed by atoms with van der Waals surface area (Å²) in [5.74, 6) is 1.28. The highest BCUT2D eigenvalue weighted by Crippen LogP contribution is 2.38. The van der Waals surface area contributed by atoms with Gasteiger partial charge in [-0.25, -0.2) is 0 Å². The lowest BCUT2D eigenvalue weighted by Gasteiger charge is -2.38. The highest BCUT2D eigenvalue weighted by atomic mass is 16.5. The van der Waals surface area contributed by atoms with E-state index in [9.17, 15) is 5.26 Å². The predicted octanol–water partition coefficient (Wildman–Crippen LogP) is 3.02. The monoisotopic (exact) mass is 258 g/mol. The second-order valence-corrected chi connectivity index (χ2v) is 5.64. The van der Waals surface area contributed by atoms with Crippen LogP contribution in [-0.4, -0.2) is 25.6 Å². The zero-order valence-corrected chi connectivity index (χ0v) is 12.2. The predicted molar refractivity (Wildman–Crippen MR) is 76.0 cm³/mol. The molecule has 0 bridgehead atoms. The molecule has 3 heteroatoms. The minimum atomic E-state index is 0.0254. The Labute approximate surface area is 115 Å². The van der Waals surface area contributed by atoms with E-state index in [4.69, 9.17) is 4.74 Å². The van der Waals surface area contributed by atoms with Gasteiger partial charge in [0.2, 0.25) is 0 Å². The van der Waals surface area contributed by atoms with Crippen molar-refractivity contribution in [3.63, 3.8) is 0 Å². The Bertz CT molecular complexity index is 490. The standard InChI is InChI=1S/C16H22N2O/c1-11(2)15(10-17)16-14-6-5-13(19-4)9-12(14)7-8-18(16)3/h5-6,9,11,15-16H,7-8H2,1-4H3. The van der Waals surface area contributed by atoms with Gasteiger partial charge in [0.25, 0.3) is 0 Å². The highest BCUT2D eigenvalue weighted by Gasteiger charge is 2.33. The van der Waals surface area contributed by atoms with Crippen molar-refractivity contribution in [3.8, 4) is 11.8 Å². The van der Waals surface area contributed by atoms with E-state index in [-0.39, 0.29) is 12.0 Å². The number of methoxy groups -OCH3 is 1. The number of ether oxygens (including phenoxy) is 1. The summed E-state index contributed by atoms with van der Waals surface area (Å²) < 4.78 is 5.30.